The number of halogens is 2. The van der Waals surface area contributed by atoms with Crippen LogP contribution in [0.15, 0.2) is 48.7 Å². The van der Waals surface area contributed by atoms with E-state index in [1.54, 1.807) is 18.2 Å². The van der Waals surface area contributed by atoms with Crippen molar-refractivity contribution in [3.05, 3.63) is 65.2 Å². The van der Waals surface area contributed by atoms with Crippen LogP contribution in [-0.2, 0) is 0 Å². The molecule has 2 N–H and O–H groups in total. The number of benzene rings is 2. The Kier molecular flexibility index (Phi) is 4.47. The van der Waals surface area contributed by atoms with Gasteiger partial charge in [-0.1, -0.05) is 11.6 Å². The molecule has 0 aliphatic carbocycles. The maximum atomic E-state index is 13.2. The van der Waals surface area contributed by atoms with Gasteiger partial charge in [-0.25, -0.2) is 14.4 Å². The Morgan fingerprint density at radius 2 is 1.89 bits per heavy atom. The fourth-order valence-corrected chi connectivity index (χ4v) is 2.60. The van der Waals surface area contributed by atoms with Crippen LogP contribution >= 0.6 is 11.6 Å². The number of rotatable bonds is 4. The average Bonchev–Trinajstić information content (AvgIpc) is 3.13. The summed E-state index contributed by atoms with van der Waals surface area (Å²) in [5.41, 5.74) is 1.17. The molecule has 27 heavy (non-hydrogen) atoms. The molecule has 0 atom stereocenters. The van der Waals surface area contributed by atoms with Crippen molar-refractivity contribution in [3.63, 3.8) is 0 Å². The normalized spacial score (nSPS) is 11.9. The number of fused-ring (bicyclic) bond motifs is 1. The lowest BCUT2D eigenvalue weighted by molar-refractivity contribution is 0.102. The molecule has 2 heterocycles. The average molecular weight is 387 g/mol. The molecular weight excluding hydrogens is 375 g/mol. The molecule has 0 spiro atoms. The SMILES string of the molecule is O=C(Nc1ccc(F)c(Cl)c1)c1ccnc(Nc2ccc3c(c2)OCO3)n1. The fourth-order valence-electron chi connectivity index (χ4n) is 2.42. The minimum Gasteiger partial charge on any atom is -0.454 e. The number of nitrogens with zero attached hydrogens (tertiary/aromatic N) is 2. The Morgan fingerprint density at radius 1 is 1.07 bits per heavy atom. The van der Waals surface area contributed by atoms with Gasteiger partial charge >= 0.3 is 0 Å². The quantitative estimate of drug-likeness (QED) is 0.705. The second-order valence-corrected chi connectivity index (χ2v) is 5.95. The highest BCUT2D eigenvalue weighted by Gasteiger charge is 2.14. The number of amides is 1. The lowest BCUT2D eigenvalue weighted by Gasteiger charge is -2.08. The van der Waals surface area contributed by atoms with Gasteiger partial charge < -0.3 is 20.1 Å². The first-order valence-electron chi connectivity index (χ1n) is 7.84. The van der Waals surface area contributed by atoms with E-state index in [1.807, 2.05) is 0 Å². The van der Waals surface area contributed by atoms with E-state index < -0.39 is 11.7 Å². The van der Waals surface area contributed by atoms with Crippen LogP contribution in [0.5, 0.6) is 11.5 Å². The third kappa shape index (κ3) is 3.75. The smallest absolute Gasteiger partial charge is 0.274 e. The highest BCUT2D eigenvalue weighted by atomic mass is 35.5. The molecule has 1 aliphatic rings. The zero-order valence-corrected chi connectivity index (χ0v) is 14.5. The summed E-state index contributed by atoms with van der Waals surface area (Å²) in [6.07, 6.45) is 1.45. The zero-order valence-electron chi connectivity index (χ0n) is 13.7. The van der Waals surface area contributed by atoms with Gasteiger partial charge in [-0.3, -0.25) is 4.79 Å². The summed E-state index contributed by atoms with van der Waals surface area (Å²) in [5.74, 6) is 0.467. The number of hydrogen-bond acceptors (Lipinski definition) is 6. The molecule has 4 rings (SSSR count). The zero-order chi connectivity index (χ0) is 18.8. The van der Waals surface area contributed by atoms with Crippen molar-refractivity contribution in [2.45, 2.75) is 0 Å². The van der Waals surface area contributed by atoms with Gasteiger partial charge in [-0.2, -0.15) is 0 Å². The number of ether oxygens (including phenoxy) is 2. The van der Waals surface area contributed by atoms with Crippen LogP contribution in [0.25, 0.3) is 0 Å². The van der Waals surface area contributed by atoms with Crippen molar-refractivity contribution in [1.29, 1.82) is 0 Å². The summed E-state index contributed by atoms with van der Waals surface area (Å²) in [6.45, 7) is 0.179. The molecule has 1 aliphatic heterocycles. The maximum absolute atomic E-state index is 13.2. The first-order chi connectivity index (χ1) is 13.1. The third-order valence-corrected chi connectivity index (χ3v) is 3.98. The van der Waals surface area contributed by atoms with Crippen LogP contribution in [0.2, 0.25) is 5.02 Å². The molecule has 2 aromatic carbocycles. The molecule has 9 heteroatoms. The van der Waals surface area contributed by atoms with Crippen LogP contribution in [0.4, 0.5) is 21.7 Å². The van der Waals surface area contributed by atoms with Gasteiger partial charge in [0.2, 0.25) is 12.7 Å². The van der Waals surface area contributed by atoms with Gasteiger partial charge in [-0.15, -0.1) is 0 Å². The Balaban J connectivity index is 1.49. The first-order valence-corrected chi connectivity index (χ1v) is 8.22. The number of carbonyl (C=O) groups is 1. The summed E-state index contributed by atoms with van der Waals surface area (Å²) in [6, 6.07) is 10.7. The van der Waals surface area contributed by atoms with Crippen molar-refractivity contribution < 1.29 is 18.7 Å². The molecule has 136 valence electrons. The molecule has 0 saturated carbocycles. The minimum absolute atomic E-state index is 0.0827. The number of hydrogen-bond donors (Lipinski definition) is 2. The Hall–Kier alpha value is -3.39. The highest BCUT2D eigenvalue weighted by molar-refractivity contribution is 6.31. The lowest BCUT2D eigenvalue weighted by atomic mass is 10.3. The molecule has 0 unspecified atom stereocenters. The van der Waals surface area contributed by atoms with E-state index in [2.05, 4.69) is 20.6 Å². The summed E-state index contributed by atoms with van der Waals surface area (Å²) in [4.78, 5) is 20.6. The fraction of sp³-hybridized carbons (Fsp3) is 0.0556. The van der Waals surface area contributed by atoms with E-state index >= 15 is 0 Å². The molecule has 1 amide bonds. The van der Waals surface area contributed by atoms with Crippen LogP contribution in [0.1, 0.15) is 10.5 Å². The van der Waals surface area contributed by atoms with Gasteiger partial charge in [0.25, 0.3) is 5.91 Å². The van der Waals surface area contributed by atoms with E-state index in [0.717, 1.165) is 0 Å². The van der Waals surface area contributed by atoms with E-state index in [4.69, 9.17) is 21.1 Å². The predicted octanol–water partition coefficient (Wildman–Crippen LogP) is 3.99. The summed E-state index contributed by atoms with van der Waals surface area (Å²) < 4.78 is 23.8. The van der Waals surface area contributed by atoms with Gasteiger partial charge in [0, 0.05) is 23.6 Å². The maximum Gasteiger partial charge on any atom is 0.274 e. The van der Waals surface area contributed by atoms with Crippen molar-refractivity contribution >= 4 is 34.8 Å². The van der Waals surface area contributed by atoms with Gasteiger partial charge in [0.1, 0.15) is 11.5 Å². The predicted molar refractivity (Wildman–Crippen MR) is 97.2 cm³/mol. The number of aromatic nitrogens is 2. The number of nitrogens with one attached hydrogen (secondary N) is 2. The summed E-state index contributed by atoms with van der Waals surface area (Å²) in [5, 5.41) is 5.52. The Bertz CT molecular complexity index is 1030. The molecule has 0 saturated heterocycles. The Morgan fingerprint density at radius 3 is 2.74 bits per heavy atom. The Labute approximate surface area is 158 Å². The molecule has 3 aromatic rings. The molecular formula is C18H12ClFN4O3. The standard InChI is InChI=1S/C18H12ClFN4O3/c19-12-7-10(1-3-13(12)20)22-17(25)14-5-6-21-18(24-14)23-11-2-4-15-16(8-11)27-9-26-15/h1-8H,9H2,(H,22,25)(H,21,23,24). The van der Waals surface area contributed by atoms with Crippen LogP contribution < -0.4 is 20.1 Å². The van der Waals surface area contributed by atoms with Gasteiger partial charge in [0.05, 0.1) is 5.02 Å². The van der Waals surface area contributed by atoms with Crippen LogP contribution in [0, 0.1) is 5.82 Å². The second kappa shape index (κ2) is 7.08. The van der Waals surface area contributed by atoms with Gasteiger partial charge in [-0.05, 0) is 36.4 Å². The van der Waals surface area contributed by atoms with Crippen molar-refractivity contribution in [1.82, 2.24) is 9.97 Å². The highest BCUT2D eigenvalue weighted by Crippen LogP contribution is 2.34. The van der Waals surface area contributed by atoms with Crippen molar-refractivity contribution in [2.24, 2.45) is 0 Å². The third-order valence-electron chi connectivity index (χ3n) is 3.69. The molecule has 0 bridgehead atoms. The van der Waals surface area contributed by atoms with Crippen LogP contribution in [-0.4, -0.2) is 22.7 Å². The topological polar surface area (TPSA) is 85.4 Å². The molecule has 7 nitrogen and oxygen atoms in total. The molecule has 1 aromatic heterocycles. The van der Waals surface area contributed by atoms with E-state index in [9.17, 15) is 9.18 Å². The first kappa shape index (κ1) is 17.0. The molecule has 0 fully saturated rings. The second-order valence-electron chi connectivity index (χ2n) is 5.54. The van der Waals surface area contributed by atoms with Gasteiger partial charge in [0.15, 0.2) is 11.5 Å². The van der Waals surface area contributed by atoms with E-state index in [-0.39, 0.29) is 23.5 Å². The van der Waals surface area contributed by atoms with Crippen LogP contribution in [0.3, 0.4) is 0 Å². The van der Waals surface area contributed by atoms with E-state index in [1.165, 1.54) is 30.5 Å². The molecule has 0 radical (unpaired) electrons. The van der Waals surface area contributed by atoms with E-state index in [0.29, 0.717) is 22.9 Å². The largest absolute Gasteiger partial charge is 0.454 e. The number of carbonyl (C=O) groups excluding carboxylic acids is 1. The number of anilines is 3. The lowest BCUT2D eigenvalue weighted by Crippen LogP contribution is -2.14. The monoisotopic (exact) mass is 386 g/mol. The summed E-state index contributed by atoms with van der Waals surface area (Å²) in [7, 11) is 0. The van der Waals surface area contributed by atoms with Crippen molar-refractivity contribution in [2.75, 3.05) is 17.4 Å². The minimum atomic E-state index is -0.563. The summed E-state index contributed by atoms with van der Waals surface area (Å²) >= 11 is 5.72. The van der Waals surface area contributed by atoms with Crippen molar-refractivity contribution in [3.8, 4) is 11.5 Å².